The van der Waals surface area contributed by atoms with E-state index in [1.54, 1.807) is 0 Å². The van der Waals surface area contributed by atoms with Crippen LogP contribution in [0.3, 0.4) is 0 Å². The van der Waals surface area contributed by atoms with Crippen molar-refractivity contribution in [1.82, 2.24) is 0 Å². The second-order valence-corrected chi connectivity index (χ2v) is 27.6. The van der Waals surface area contributed by atoms with E-state index in [1.165, 1.54) is 161 Å². The molecule has 3 N–H and O–H groups in total. The summed E-state index contributed by atoms with van der Waals surface area (Å²) in [7, 11) is -9.88. The van der Waals surface area contributed by atoms with Crippen molar-refractivity contribution in [3.8, 4) is 0 Å². The Morgan fingerprint density at radius 1 is 0.314 bits per heavy atom. The highest BCUT2D eigenvalue weighted by atomic mass is 31.2. The van der Waals surface area contributed by atoms with Crippen LogP contribution in [0.5, 0.6) is 0 Å². The zero-order valence-corrected chi connectivity index (χ0v) is 57.2. The maximum Gasteiger partial charge on any atom is 0.472 e. The maximum absolute atomic E-state index is 13.0. The van der Waals surface area contributed by atoms with Crippen LogP contribution in [0.4, 0.5) is 0 Å². The third-order valence-corrected chi connectivity index (χ3v) is 17.4. The Kier molecular flexibility index (Phi) is 59.2. The number of rotatable bonds is 67. The molecule has 0 saturated heterocycles. The average molecular weight is 1270 g/mol. The van der Waals surface area contributed by atoms with E-state index in [9.17, 15) is 43.2 Å². The van der Waals surface area contributed by atoms with E-state index in [1.807, 2.05) is 0 Å². The third kappa shape index (κ3) is 60.9. The third-order valence-electron chi connectivity index (χ3n) is 15.5. The minimum atomic E-state index is -4.95. The molecule has 0 heterocycles. The molecule has 5 atom stereocenters. The number of unbranched alkanes of at least 4 members (excludes halogenated alkanes) is 39. The monoisotopic (exact) mass is 1270 g/mol. The van der Waals surface area contributed by atoms with Crippen LogP contribution in [0.1, 0.15) is 343 Å². The first-order valence-electron chi connectivity index (χ1n) is 35.1. The van der Waals surface area contributed by atoms with E-state index in [2.05, 4.69) is 34.6 Å². The number of aliphatic hydroxyl groups is 1. The lowest BCUT2D eigenvalue weighted by Gasteiger charge is -2.21. The van der Waals surface area contributed by atoms with Gasteiger partial charge in [-0.25, -0.2) is 9.13 Å². The van der Waals surface area contributed by atoms with Gasteiger partial charge in [0.1, 0.15) is 19.3 Å². The van der Waals surface area contributed by atoms with Crippen LogP contribution in [0.15, 0.2) is 0 Å². The van der Waals surface area contributed by atoms with E-state index in [-0.39, 0.29) is 25.7 Å². The van der Waals surface area contributed by atoms with Crippen LogP contribution in [0, 0.1) is 5.92 Å². The molecule has 0 aromatic carbocycles. The highest BCUT2D eigenvalue weighted by Crippen LogP contribution is 2.45. The minimum absolute atomic E-state index is 0.104. The van der Waals surface area contributed by atoms with Gasteiger partial charge in [0.05, 0.1) is 26.4 Å². The molecule has 19 heteroatoms. The van der Waals surface area contributed by atoms with Gasteiger partial charge in [0.15, 0.2) is 12.2 Å². The van der Waals surface area contributed by atoms with Crippen LogP contribution in [-0.4, -0.2) is 96.7 Å². The molecule has 0 radical (unpaired) electrons. The zero-order valence-electron chi connectivity index (χ0n) is 55.4. The molecule has 0 spiro atoms. The molecule has 0 amide bonds. The van der Waals surface area contributed by atoms with E-state index < -0.39 is 97.5 Å². The standard InChI is InChI=1S/C67H130O17P2/c1-6-9-12-15-17-19-21-23-24-25-26-28-30-32-37-42-47-52-66(71)84-63(57-78-65(70)51-46-41-36-31-29-27-22-20-18-16-13-10-7-2)59-82-86(75,76)80-55-61(68)54-79-85(73,74)81-58-62(56-77-64(69)50-45-39-14-11-8-3)83-67(72)53-48-43-38-34-33-35-40-44-49-60(4)5/h60-63,68H,6-59H2,1-5H3,(H,73,74)(H,75,76)/t61-,62+,63+/m0/s1. The van der Waals surface area contributed by atoms with Gasteiger partial charge in [-0.1, -0.05) is 291 Å². The largest absolute Gasteiger partial charge is 0.472 e. The molecule has 17 nitrogen and oxygen atoms in total. The van der Waals surface area contributed by atoms with Gasteiger partial charge in [0, 0.05) is 25.7 Å². The summed E-state index contributed by atoms with van der Waals surface area (Å²) in [6, 6.07) is 0. The molecule has 0 saturated carbocycles. The second-order valence-electron chi connectivity index (χ2n) is 24.7. The Morgan fingerprint density at radius 3 is 0.791 bits per heavy atom. The lowest BCUT2D eigenvalue weighted by molar-refractivity contribution is -0.161. The number of hydrogen-bond donors (Lipinski definition) is 3. The predicted molar refractivity (Wildman–Crippen MR) is 345 cm³/mol. The van der Waals surface area contributed by atoms with Gasteiger partial charge >= 0.3 is 39.5 Å². The number of aliphatic hydroxyl groups excluding tert-OH is 1. The van der Waals surface area contributed by atoms with Crippen LogP contribution in [-0.2, 0) is 65.4 Å². The molecule has 0 aliphatic heterocycles. The van der Waals surface area contributed by atoms with Gasteiger partial charge in [-0.3, -0.25) is 37.3 Å². The molecule has 0 aliphatic carbocycles. The summed E-state index contributed by atoms with van der Waals surface area (Å²) < 4.78 is 67.9. The molecule has 0 fully saturated rings. The van der Waals surface area contributed by atoms with E-state index in [0.29, 0.717) is 25.7 Å². The van der Waals surface area contributed by atoms with E-state index >= 15 is 0 Å². The van der Waals surface area contributed by atoms with E-state index in [0.717, 1.165) is 102 Å². The minimum Gasteiger partial charge on any atom is -0.462 e. The number of carbonyl (C=O) groups excluding carboxylic acids is 4. The van der Waals surface area contributed by atoms with Gasteiger partial charge in [-0.15, -0.1) is 0 Å². The lowest BCUT2D eigenvalue weighted by Crippen LogP contribution is -2.30. The fourth-order valence-electron chi connectivity index (χ4n) is 10.1. The van der Waals surface area contributed by atoms with E-state index in [4.69, 9.17) is 37.0 Å². The number of ether oxygens (including phenoxy) is 4. The highest BCUT2D eigenvalue weighted by molar-refractivity contribution is 7.47. The summed E-state index contributed by atoms with van der Waals surface area (Å²) in [4.78, 5) is 72.1. The Bertz CT molecular complexity index is 1670. The van der Waals surface area contributed by atoms with Crippen molar-refractivity contribution in [2.45, 2.75) is 361 Å². The molecular weight excluding hydrogens is 1140 g/mol. The normalized spacial score (nSPS) is 14.2. The van der Waals surface area contributed by atoms with Crippen molar-refractivity contribution >= 4 is 39.5 Å². The highest BCUT2D eigenvalue weighted by Gasteiger charge is 2.30. The lowest BCUT2D eigenvalue weighted by atomic mass is 10.0. The summed E-state index contributed by atoms with van der Waals surface area (Å²) in [5.41, 5.74) is 0. The van der Waals surface area contributed by atoms with Gasteiger partial charge in [0.25, 0.3) is 0 Å². The number of phosphoric acid groups is 2. The van der Waals surface area contributed by atoms with Gasteiger partial charge in [-0.2, -0.15) is 0 Å². The molecule has 0 bridgehead atoms. The number of phosphoric ester groups is 2. The van der Waals surface area contributed by atoms with Gasteiger partial charge in [-0.05, 0) is 31.6 Å². The molecule has 2 unspecified atom stereocenters. The topological polar surface area (TPSA) is 237 Å². The first-order chi connectivity index (χ1) is 41.5. The molecule has 0 aromatic rings. The van der Waals surface area contributed by atoms with Crippen molar-refractivity contribution in [1.29, 1.82) is 0 Å². The second kappa shape index (κ2) is 60.6. The Labute approximate surface area is 524 Å². The quantitative estimate of drug-likeness (QED) is 0.0222. The molecule has 0 aromatic heterocycles. The number of carbonyl (C=O) groups is 4. The zero-order chi connectivity index (χ0) is 63.5. The van der Waals surface area contributed by atoms with Crippen molar-refractivity contribution in [2.75, 3.05) is 39.6 Å². The molecule has 0 aliphatic rings. The fourth-order valence-corrected chi connectivity index (χ4v) is 11.7. The maximum atomic E-state index is 13.0. The number of hydrogen-bond acceptors (Lipinski definition) is 15. The van der Waals surface area contributed by atoms with Crippen LogP contribution < -0.4 is 0 Å². The summed E-state index contributed by atoms with van der Waals surface area (Å²) in [5.74, 6) is -1.42. The fraction of sp³-hybridized carbons (Fsp3) is 0.940. The van der Waals surface area contributed by atoms with Gasteiger partial charge in [0.2, 0.25) is 0 Å². The Balaban J connectivity index is 5.16. The molecule has 0 rings (SSSR count). The van der Waals surface area contributed by atoms with Crippen molar-refractivity contribution in [2.24, 2.45) is 5.92 Å². The number of esters is 4. The summed E-state index contributed by atoms with van der Waals surface area (Å²) in [6.45, 7) is 7.10. The summed E-state index contributed by atoms with van der Waals surface area (Å²) in [6.07, 6.45) is 46.2. The Hall–Kier alpha value is -1.94. The smallest absolute Gasteiger partial charge is 0.462 e. The first kappa shape index (κ1) is 84.1. The van der Waals surface area contributed by atoms with Crippen LogP contribution in [0.2, 0.25) is 0 Å². The average Bonchev–Trinajstić information content (AvgIpc) is 3.53. The van der Waals surface area contributed by atoms with Crippen LogP contribution >= 0.6 is 15.6 Å². The SMILES string of the molecule is CCCCCCCCCCCCCCCCCCCC(=O)O[C@H](COC(=O)CCCCCCCCCCCCCCC)COP(=O)(O)OC[C@@H](O)COP(=O)(O)OC[C@@H](COC(=O)CCCCCCC)OC(=O)CCCCCCCCCCC(C)C. The Morgan fingerprint density at radius 2 is 0.535 bits per heavy atom. The molecular formula is C67H130O17P2. The van der Waals surface area contributed by atoms with Gasteiger partial charge < -0.3 is 33.8 Å². The summed E-state index contributed by atoms with van der Waals surface area (Å²) >= 11 is 0. The predicted octanol–water partition coefficient (Wildman–Crippen LogP) is 19.0. The summed E-state index contributed by atoms with van der Waals surface area (Å²) in [5, 5.41) is 10.5. The molecule has 510 valence electrons. The van der Waals surface area contributed by atoms with Crippen molar-refractivity contribution < 1.29 is 80.2 Å². The van der Waals surface area contributed by atoms with Crippen LogP contribution in [0.25, 0.3) is 0 Å². The molecule has 86 heavy (non-hydrogen) atoms. The first-order valence-corrected chi connectivity index (χ1v) is 38.1. The van der Waals surface area contributed by atoms with Crippen molar-refractivity contribution in [3.63, 3.8) is 0 Å². The van der Waals surface area contributed by atoms with Crippen molar-refractivity contribution in [3.05, 3.63) is 0 Å².